The van der Waals surface area contributed by atoms with Crippen molar-refractivity contribution in [3.8, 4) is 5.75 Å². The lowest BCUT2D eigenvalue weighted by Crippen LogP contribution is -2.05. The summed E-state index contributed by atoms with van der Waals surface area (Å²) in [6, 6.07) is 14.6. The number of amides is 1. The number of carbonyl (C=O) groups is 1. The van der Waals surface area contributed by atoms with Crippen LogP contribution in [0.4, 0.5) is 0 Å². The van der Waals surface area contributed by atoms with Crippen LogP contribution in [0.25, 0.3) is 6.08 Å². The van der Waals surface area contributed by atoms with E-state index < -0.39 is 5.91 Å². The van der Waals surface area contributed by atoms with E-state index in [4.69, 9.17) is 17.3 Å². The summed E-state index contributed by atoms with van der Waals surface area (Å²) in [7, 11) is 0. The number of aromatic hydroxyl groups is 1. The molecule has 0 heterocycles. The number of hydrogen-bond acceptors (Lipinski definition) is 2. The first-order valence-electron chi connectivity index (χ1n) is 5.96. The molecule has 104 valence electrons. The van der Waals surface area contributed by atoms with Crippen LogP contribution < -0.4 is 5.73 Å². The van der Waals surface area contributed by atoms with Gasteiger partial charge in [0.05, 0.1) is 0 Å². The van der Waals surface area contributed by atoms with Crippen LogP contribution in [0.15, 0.2) is 54.6 Å². The van der Waals surface area contributed by atoms with Gasteiger partial charge in [0.15, 0.2) is 0 Å². The first kappa shape index (κ1) is 15.8. The lowest BCUT2D eigenvalue weighted by atomic mass is 10.1. The number of primary amides is 1. The Morgan fingerprint density at radius 3 is 2.30 bits per heavy atom. The van der Waals surface area contributed by atoms with Gasteiger partial charge in [-0.25, -0.2) is 0 Å². The molecule has 0 radical (unpaired) electrons. The molecule has 0 saturated carbocycles. The SMILES string of the molecule is Cc1ccc(/C=C/C(N)=O)cc1O.Clc1ccccc1. The Balaban J connectivity index is 0.000000240. The first-order valence-corrected chi connectivity index (χ1v) is 6.34. The van der Waals surface area contributed by atoms with Gasteiger partial charge in [-0.15, -0.1) is 0 Å². The molecule has 2 aromatic rings. The molecular formula is C16H16ClNO2. The fraction of sp³-hybridized carbons (Fsp3) is 0.0625. The van der Waals surface area contributed by atoms with E-state index in [2.05, 4.69) is 0 Å². The minimum atomic E-state index is -0.500. The average Bonchev–Trinajstić information content (AvgIpc) is 2.42. The van der Waals surface area contributed by atoms with Gasteiger partial charge in [-0.2, -0.15) is 0 Å². The second-order valence-electron chi connectivity index (χ2n) is 4.08. The molecular weight excluding hydrogens is 274 g/mol. The zero-order valence-electron chi connectivity index (χ0n) is 11.1. The van der Waals surface area contributed by atoms with E-state index in [1.54, 1.807) is 31.2 Å². The van der Waals surface area contributed by atoms with E-state index in [1.807, 2.05) is 30.3 Å². The topological polar surface area (TPSA) is 63.3 Å². The predicted molar refractivity (Wildman–Crippen MR) is 82.5 cm³/mol. The molecule has 3 nitrogen and oxygen atoms in total. The van der Waals surface area contributed by atoms with Crippen LogP contribution in [0, 0.1) is 6.92 Å². The molecule has 0 aromatic heterocycles. The van der Waals surface area contributed by atoms with Crippen LogP contribution in [0.3, 0.4) is 0 Å². The molecule has 0 saturated heterocycles. The maximum atomic E-state index is 10.4. The maximum Gasteiger partial charge on any atom is 0.241 e. The summed E-state index contributed by atoms with van der Waals surface area (Å²) in [5.41, 5.74) is 6.47. The number of phenols is 1. The summed E-state index contributed by atoms with van der Waals surface area (Å²) >= 11 is 5.54. The molecule has 0 aliphatic rings. The van der Waals surface area contributed by atoms with Gasteiger partial charge in [0, 0.05) is 11.1 Å². The van der Waals surface area contributed by atoms with Crippen molar-refractivity contribution in [1.29, 1.82) is 0 Å². The summed E-state index contributed by atoms with van der Waals surface area (Å²) in [4.78, 5) is 10.4. The van der Waals surface area contributed by atoms with Crippen molar-refractivity contribution in [2.75, 3.05) is 0 Å². The molecule has 0 fully saturated rings. The highest BCUT2D eigenvalue weighted by atomic mass is 35.5. The van der Waals surface area contributed by atoms with Gasteiger partial charge in [-0.05, 0) is 42.3 Å². The van der Waals surface area contributed by atoms with E-state index >= 15 is 0 Å². The van der Waals surface area contributed by atoms with Crippen LogP contribution in [0.2, 0.25) is 5.02 Å². The molecule has 0 aliphatic heterocycles. The third-order valence-electron chi connectivity index (χ3n) is 2.41. The van der Waals surface area contributed by atoms with Crippen molar-refractivity contribution in [1.82, 2.24) is 0 Å². The quantitative estimate of drug-likeness (QED) is 0.831. The van der Waals surface area contributed by atoms with Gasteiger partial charge in [0.2, 0.25) is 5.91 Å². The molecule has 20 heavy (non-hydrogen) atoms. The Labute approximate surface area is 123 Å². The molecule has 0 spiro atoms. The fourth-order valence-corrected chi connectivity index (χ4v) is 1.47. The molecule has 0 bridgehead atoms. The van der Waals surface area contributed by atoms with Gasteiger partial charge >= 0.3 is 0 Å². The number of nitrogens with two attached hydrogens (primary N) is 1. The average molecular weight is 290 g/mol. The Kier molecular flexibility index (Phi) is 6.33. The van der Waals surface area contributed by atoms with Gasteiger partial charge in [0.1, 0.15) is 5.75 Å². The summed E-state index contributed by atoms with van der Waals surface area (Å²) in [5.74, 6) is -0.285. The van der Waals surface area contributed by atoms with E-state index in [0.717, 1.165) is 16.1 Å². The van der Waals surface area contributed by atoms with Crippen LogP contribution >= 0.6 is 11.6 Å². The van der Waals surface area contributed by atoms with Crippen molar-refractivity contribution >= 4 is 23.6 Å². The maximum absolute atomic E-state index is 10.4. The van der Waals surface area contributed by atoms with Crippen molar-refractivity contribution in [3.05, 3.63) is 70.8 Å². The Hall–Kier alpha value is -2.26. The van der Waals surface area contributed by atoms with E-state index in [-0.39, 0.29) is 5.75 Å². The highest BCUT2D eigenvalue weighted by Crippen LogP contribution is 2.17. The Morgan fingerprint density at radius 1 is 1.20 bits per heavy atom. The number of halogens is 1. The zero-order valence-corrected chi connectivity index (χ0v) is 11.8. The summed E-state index contributed by atoms with van der Waals surface area (Å²) in [6.07, 6.45) is 2.81. The second kappa shape index (κ2) is 8.02. The molecule has 0 atom stereocenters. The number of hydrogen-bond donors (Lipinski definition) is 2. The molecule has 2 rings (SSSR count). The smallest absolute Gasteiger partial charge is 0.241 e. The van der Waals surface area contributed by atoms with Gasteiger partial charge in [-0.1, -0.05) is 41.9 Å². The molecule has 0 aliphatic carbocycles. The number of aryl methyl sites for hydroxylation is 1. The lowest BCUT2D eigenvalue weighted by Gasteiger charge is -1.98. The van der Waals surface area contributed by atoms with Gasteiger partial charge in [-0.3, -0.25) is 4.79 Å². The third-order valence-corrected chi connectivity index (χ3v) is 2.66. The summed E-state index contributed by atoms with van der Waals surface area (Å²) in [6.45, 7) is 1.80. The van der Waals surface area contributed by atoms with Gasteiger partial charge < -0.3 is 10.8 Å². The molecule has 3 N–H and O–H groups in total. The number of benzene rings is 2. The Bertz CT molecular complexity index is 595. The normalized spacial score (nSPS) is 9.90. The van der Waals surface area contributed by atoms with E-state index in [9.17, 15) is 9.90 Å². The number of rotatable bonds is 2. The monoisotopic (exact) mass is 289 g/mol. The minimum Gasteiger partial charge on any atom is -0.508 e. The highest BCUT2D eigenvalue weighted by Gasteiger charge is 1.95. The van der Waals surface area contributed by atoms with Gasteiger partial charge in [0.25, 0.3) is 0 Å². The number of carbonyl (C=O) groups excluding carboxylic acids is 1. The van der Waals surface area contributed by atoms with Crippen molar-refractivity contribution in [2.45, 2.75) is 6.92 Å². The largest absolute Gasteiger partial charge is 0.508 e. The Morgan fingerprint density at radius 2 is 1.85 bits per heavy atom. The highest BCUT2D eigenvalue weighted by molar-refractivity contribution is 6.30. The molecule has 1 amide bonds. The van der Waals surface area contributed by atoms with E-state index in [0.29, 0.717) is 0 Å². The van der Waals surface area contributed by atoms with Crippen molar-refractivity contribution < 1.29 is 9.90 Å². The predicted octanol–water partition coefficient (Wildman–Crippen LogP) is 3.54. The zero-order chi connectivity index (χ0) is 15.0. The second-order valence-corrected chi connectivity index (χ2v) is 4.51. The third kappa shape index (κ3) is 6.07. The van der Waals surface area contributed by atoms with Crippen LogP contribution in [-0.4, -0.2) is 11.0 Å². The van der Waals surface area contributed by atoms with E-state index in [1.165, 1.54) is 6.08 Å². The number of phenolic OH excluding ortho intramolecular Hbond substituents is 1. The molecule has 0 unspecified atom stereocenters. The summed E-state index contributed by atoms with van der Waals surface area (Å²) in [5, 5.41) is 10.1. The summed E-state index contributed by atoms with van der Waals surface area (Å²) < 4.78 is 0. The van der Waals surface area contributed by atoms with Crippen molar-refractivity contribution in [3.63, 3.8) is 0 Å². The van der Waals surface area contributed by atoms with Crippen LogP contribution in [0.5, 0.6) is 5.75 Å². The minimum absolute atomic E-state index is 0.214. The first-order chi connectivity index (χ1) is 9.49. The lowest BCUT2D eigenvalue weighted by molar-refractivity contribution is -0.113. The standard InChI is InChI=1S/C10H11NO2.C6H5Cl/c1-7-2-3-8(6-9(7)12)4-5-10(11)13;7-6-4-2-1-3-5-6/h2-6,12H,1H3,(H2,11,13);1-5H/b5-4+;. The molecule has 2 aromatic carbocycles. The van der Waals surface area contributed by atoms with Crippen LogP contribution in [0.1, 0.15) is 11.1 Å². The van der Waals surface area contributed by atoms with Crippen molar-refractivity contribution in [2.24, 2.45) is 5.73 Å². The fourth-order valence-electron chi connectivity index (χ4n) is 1.32. The van der Waals surface area contributed by atoms with Crippen LogP contribution in [-0.2, 0) is 4.79 Å². The molecule has 4 heteroatoms.